The third kappa shape index (κ3) is 3.81. The van der Waals surface area contributed by atoms with E-state index in [1.807, 2.05) is 0 Å². The lowest BCUT2D eigenvalue weighted by molar-refractivity contribution is 0.0600. The molecule has 0 amide bonds. The van der Waals surface area contributed by atoms with Crippen LogP contribution in [0.15, 0.2) is 23.1 Å². The van der Waals surface area contributed by atoms with Gasteiger partial charge in [0.1, 0.15) is 0 Å². The predicted octanol–water partition coefficient (Wildman–Crippen LogP) is 0.812. The minimum Gasteiger partial charge on any atom is -0.465 e. The second kappa shape index (κ2) is 6.55. The second-order valence-electron chi connectivity index (χ2n) is 5.14. The predicted molar refractivity (Wildman–Crippen MR) is 78.7 cm³/mol. The average molecular weight is 312 g/mol. The van der Waals surface area contributed by atoms with Crippen molar-refractivity contribution in [3.8, 4) is 0 Å². The number of benzene rings is 1. The Labute approximate surface area is 124 Å². The van der Waals surface area contributed by atoms with E-state index in [0.717, 1.165) is 19.4 Å². The van der Waals surface area contributed by atoms with Crippen LogP contribution in [0.4, 0.5) is 0 Å². The summed E-state index contributed by atoms with van der Waals surface area (Å²) in [5.74, 6) is -0.480. The standard InChI is InChI=1S/C14H20N2O4S/c1-10-8-11(14(17)20-2)5-6-13(10)21(18,19)16-12-4-3-7-15-9-12/h5-6,8,12,15-16H,3-4,7,9H2,1-2H3. The lowest BCUT2D eigenvalue weighted by Crippen LogP contribution is -2.45. The highest BCUT2D eigenvalue weighted by atomic mass is 32.2. The zero-order valence-corrected chi connectivity index (χ0v) is 13.0. The van der Waals surface area contributed by atoms with Gasteiger partial charge < -0.3 is 10.1 Å². The molecule has 0 radical (unpaired) electrons. The second-order valence-corrected chi connectivity index (χ2v) is 6.82. The number of hydrogen-bond donors (Lipinski definition) is 2. The quantitative estimate of drug-likeness (QED) is 0.804. The molecule has 1 atom stereocenters. The number of ether oxygens (including phenoxy) is 1. The van der Waals surface area contributed by atoms with Crippen LogP contribution in [0, 0.1) is 6.92 Å². The largest absolute Gasteiger partial charge is 0.465 e. The summed E-state index contributed by atoms with van der Waals surface area (Å²) in [4.78, 5) is 11.6. The number of carbonyl (C=O) groups is 1. The number of esters is 1. The third-order valence-corrected chi connectivity index (χ3v) is 5.18. The van der Waals surface area contributed by atoms with Crippen molar-refractivity contribution >= 4 is 16.0 Å². The van der Waals surface area contributed by atoms with Gasteiger partial charge in [0, 0.05) is 12.6 Å². The number of methoxy groups -OCH3 is 1. The number of rotatable bonds is 4. The first kappa shape index (κ1) is 15.9. The Hall–Kier alpha value is -1.44. The van der Waals surface area contributed by atoms with Gasteiger partial charge in [0.05, 0.1) is 17.6 Å². The molecule has 1 unspecified atom stereocenters. The van der Waals surface area contributed by atoms with Crippen LogP contribution >= 0.6 is 0 Å². The molecule has 1 aromatic carbocycles. The number of carbonyl (C=O) groups excluding carboxylic acids is 1. The number of hydrogen-bond acceptors (Lipinski definition) is 5. The Morgan fingerprint density at radius 2 is 2.19 bits per heavy atom. The first-order valence-corrected chi connectivity index (χ1v) is 8.34. The van der Waals surface area contributed by atoms with Gasteiger partial charge in [-0.25, -0.2) is 17.9 Å². The highest BCUT2D eigenvalue weighted by Gasteiger charge is 2.23. The number of nitrogens with one attached hydrogen (secondary N) is 2. The number of piperidine rings is 1. The lowest BCUT2D eigenvalue weighted by atomic mass is 10.1. The summed E-state index contributed by atoms with van der Waals surface area (Å²) in [7, 11) is -2.29. The van der Waals surface area contributed by atoms with E-state index in [-0.39, 0.29) is 10.9 Å². The molecule has 2 rings (SSSR count). The van der Waals surface area contributed by atoms with Gasteiger partial charge in [0.2, 0.25) is 10.0 Å². The van der Waals surface area contributed by atoms with Crippen molar-refractivity contribution in [2.45, 2.75) is 30.7 Å². The van der Waals surface area contributed by atoms with Crippen molar-refractivity contribution < 1.29 is 17.9 Å². The molecule has 1 aromatic rings. The van der Waals surface area contributed by atoms with E-state index >= 15 is 0 Å². The Balaban J connectivity index is 2.21. The van der Waals surface area contributed by atoms with Gasteiger partial charge in [-0.2, -0.15) is 0 Å². The fraction of sp³-hybridized carbons (Fsp3) is 0.500. The Bertz CT molecular complexity index is 622. The van der Waals surface area contributed by atoms with Crippen LogP contribution in [0.1, 0.15) is 28.8 Å². The average Bonchev–Trinajstić information content (AvgIpc) is 2.46. The molecule has 21 heavy (non-hydrogen) atoms. The summed E-state index contributed by atoms with van der Waals surface area (Å²) in [5, 5.41) is 3.17. The van der Waals surface area contributed by atoms with Gasteiger partial charge in [-0.05, 0) is 50.1 Å². The van der Waals surface area contributed by atoms with Crippen molar-refractivity contribution in [2.24, 2.45) is 0 Å². The Morgan fingerprint density at radius 3 is 2.76 bits per heavy atom. The fourth-order valence-corrected chi connectivity index (χ4v) is 3.93. The molecule has 0 aromatic heterocycles. The molecule has 116 valence electrons. The molecule has 0 spiro atoms. The van der Waals surface area contributed by atoms with E-state index in [0.29, 0.717) is 17.7 Å². The summed E-state index contributed by atoms with van der Waals surface area (Å²) < 4.78 is 32.2. The minimum absolute atomic E-state index is 0.0940. The highest BCUT2D eigenvalue weighted by molar-refractivity contribution is 7.89. The first-order chi connectivity index (χ1) is 9.94. The summed E-state index contributed by atoms with van der Waals surface area (Å²) >= 11 is 0. The van der Waals surface area contributed by atoms with Crippen molar-refractivity contribution in [2.75, 3.05) is 20.2 Å². The summed E-state index contributed by atoms with van der Waals surface area (Å²) in [6.07, 6.45) is 1.78. The zero-order chi connectivity index (χ0) is 15.5. The highest BCUT2D eigenvalue weighted by Crippen LogP contribution is 2.18. The van der Waals surface area contributed by atoms with E-state index in [9.17, 15) is 13.2 Å². The van der Waals surface area contributed by atoms with E-state index in [1.54, 1.807) is 6.92 Å². The molecule has 1 heterocycles. The molecule has 0 bridgehead atoms. The maximum Gasteiger partial charge on any atom is 0.337 e. The van der Waals surface area contributed by atoms with Crippen LogP contribution in [0.2, 0.25) is 0 Å². The van der Waals surface area contributed by atoms with E-state index < -0.39 is 16.0 Å². The van der Waals surface area contributed by atoms with E-state index in [4.69, 9.17) is 0 Å². The number of aryl methyl sites for hydroxylation is 1. The van der Waals surface area contributed by atoms with Crippen molar-refractivity contribution in [1.82, 2.24) is 10.0 Å². The van der Waals surface area contributed by atoms with Gasteiger partial charge in [-0.1, -0.05) is 0 Å². The van der Waals surface area contributed by atoms with Crippen molar-refractivity contribution in [3.05, 3.63) is 29.3 Å². The van der Waals surface area contributed by atoms with Crippen LogP contribution < -0.4 is 10.0 Å². The summed E-state index contributed by atoms with van der Waals surface area (Å²) in [5.41, 5.74) is 0.863. The Kier molecular flexibility index (Phi) is 4.97. The van der Waals surface area contributed by atoms with Crippen LogP contribution in [-0.4, -0.2) is 40.6 Å². The molecule has 2 N–H and O–H groups in total. The monoisotopic (exact) mass is 312 g/mol. The molecule has 0 saturated carbocycles. The molecule has 1 aliphatic heterocycles. The molecule has 7 heteroatoms. The molecular formula is C14H20N2O4S. The maximum absolute atomic E-state index is 12.4. The smallest absolute Gasteiger partial charge is 0.337 e. The van der Waals surface area contributed by atoms with E-state index in [1.165, 1.54) is 25.3 Å². The summed E-state index contributed by atoms with van der Waals surface area (Å²) in [6, 6.07) is 4.34. The fourth-order valence-electron chi connectivity index (χ4n) is 2.43. The third-order valence-electron chi connectivity index (χ3n) is 3.50. The van der Waals surface area contributed by atoms with Crippen LogP contribution in [0.3, 0.4) is 0 Å². The van der Waals surface area contributed by atoms with Gasteiger partial charge in [-0.15, -0.1) is 0 Å². The zero-order valence-electron chi connectivity index (χ0n) is 12.2. The van der Waals surface area contributed by atoms with Crippen molar-refractivity contribution in [1.29, 1.82) is 0 Å². The minimum atomic E-state index is -3.58. The first-order valence-electron chi connectivity index (χ1n) is 6.86. The van der Waals surface area contributed by atoms with Gasteiger partial charge >= 0.3 is 5.97 Å². The van der Waals surface area contributed by atoms with Crippen LogP contribution in [-0.2, 0) is 14.8 Å². The molecule has 1 saturated heterocycles. The molecule has 6 nitrogen and oxygen atoms in total. The maximum atomic E-state index is 12.4. The van der Waals surface area contributed by atoms with Gasteiger partial charge in [0.25, 0.3) is 0 Å². The Morgan fingerprint density at radius 1 is 1.43 bits per heavy atom. The van der Waals surface area contributed by atoms with Gasteiger partial charge in [0.15, 0.2) is 0 Å². The van der Waals surface area contributed by atoms with Crippen LogP contribution in [0.25, 0.3) is 0 Å². The molecular weight excluding hydrogens is 292 g/mol. The lowest BCUT2D eigenvalue weighted by Gasteiger charge is -2.24. The topological polar surface area (TPSA) is 84.5 Å². The normalized spacial score (nSPS) is 19.2. The van der Waals surface area contributed by atoms with Gasteiger partial charge in [-0.3, -0.25) is 0 Å². The SMILES string of the molecule is COC(=O)c1ccc(S(=O)(=O)NC2CCCNC2)c(C)c1. The van der Waals surface area contributed by atoms with E-state index in [2.05, 4.69) is 14.8 Å². The van der Waals surface area contributed by atoms with Crippen molar-refractivity contribution in [3.63, 3.8) is 0 Å². The summed E-state index contributed by atoms with van der Waals surface area (Å²) in [6.45, 7) is 3.23. The molecule has 0 aliphatic carbocycles. The molecule has 1 fully saturated rings. The number of sulfonamides is 1. The molecule has 1 aliphatic rings. The van der Waals surface area contributed by atoms with Crippen LogP contribution in [0.5, 0.6) is 0 Å².